The van der Waals surface area contributed by atoms with Crippen molar-refractivity contribution in [2.75, 3.05) is 11.9 Å². The number of benzene rings is 2. The lowest BCUT2D eigenvalue weighted by Crippen LogP contribution is -2.23. The molecule has 0 heterocycles. The molecule has 0 saturated heterocycles. The van der Waals surface area contributed by atoms with Crippen LogP contribution in [0.25, 0.3) is 0 Å². The van der Waals surface area contributed by atoms with Gasteiger partial charge in [-0.2, -0.15) is 0 Å². The number of amides is 1. The third kappa shape index (κ3) is 4.85. The highest BCUT2D eigenvalue weighted by Gasteiger charge is 2.20. The van der Waals surface area contributed by atoms with E-state index in [1.807, 2.05) is 26.0 Å². The maximum Gasteiger partial charge on any atom is 0.262 e. The Morgan fingerprint density at radius 3 is 2.12 bits per heavy atom. The molecule has 0 saturated carbocycles. The fourth-order valence-electron chi connectivity index (χ4n) is 3.05. The van der Waals surface area contributed by atoms with Crippen LogP contribution in [0.2, 0.25) is 0 Å². The lowest BCUT2D eigenvalue weighted by Gasteiger charge is -2.23. The number of rotatable bonds is 4. The van der Waals surface area contributed by atoms with Gasteiger partial charge in [0.2, 0.25) is 0 Å². The normalized spacial score (nSPS) is 11.3. The molecule has 0 aliphatic carbocycles. The highest BCUT2D eigenvalue weighted by Crippen LogP contribution is 2.32. The number of hydrogen-bond donors (Lipinski definition) is 1. The minimum atomic E-state index is -0.143. The van der Waals surface area contributed by atoms with Crippen molar-refractivity contribution >= 4 is 11.6 Å². The maximum atomic E-state index is 12.4. The van der Waals surface area contributed by atoms with Gasteiger partial charge >= 0.3 is 0 Å². The largest absolute Gasteiger partial charge is 0.483 e. The molecule has 1 N–H and O–H groups in total. The Bertz CT molecular complexity index is 762. The second kappa shape index (κ2) is 7.30. The molecule has 0 aliphatic rings. The van der Waals surface area contributed by atoms with Gasteiger partial charge in [-0.1, -0.05) is 56.2 Å². The molecular weight excluding hydrogens is 310 g/mol. The molecule has 2 rings (SSSR count). The zero-order valence-electron chi connectivity index (χ0n) is 16.4. The molecule has 0 atom stereocenters. The number of carbonyl (C=O) groups excluding carboxylic acids is 1. The van der Waals surface area contributed by atoms with Gasteiger partial charge in [-0.3, -0.25) is 4.79 Å². The van der Waals surface area contributed by atoms with E-state index in [0.29, 0.717) is 0 Å². The van der Waals surface area contributed by atoms with Crippen molar-refractivity contribution in [3.63, 3.8) is 0 Å². The van der Waals surface area contributed by atoms with Crippen LogP contribution in [-0.2, 0) is 10.2 Å². The number of nitrogens with one attached hydrogen (secondary N) is 1. The topological polar surface area (TPSA) is 38.3 Å². The van der Waals surface area contributed by atoms with Gasteiger partial charge in [0.05, 0.1) is 0 Å². The van der Waals surface area contributed by atoms with E-state index in [-0.39, 0.29) is 17.9 Å². The summed E-state index contributed by atoms with van der Waals surface area (Å²) in [5.41, 5.74) is 6.46. The van der Waals surface area contributed by atoms with Crippen LogP contribution in [0.1, 0.15) is 48.6 Å². The first-order valence-corrected chi connectivity index (χ1v) is 8.69. The fourth-order valence-corrected chi connectivity index (χ4v) is 3.05. The molecule has 3 nitrogen and oxygen atoms in total. The Balaban J connectivity index is 2.11. The van der Waals surface area contributed by atoms with Gasteiger partial charge in [-0.25, -0.2) is 0 Å². The summed E-state index contributed by atoms with van der Waals surface area (Å²) >= 11 is 0. The highest BCUT2D eigenvalue weighted by molar-refractivity contribution is 5.93. The van der Waals surface area contributed by atoms with E-state index >= 15 is 0 Å². The molecule has 134 valence electrons. The van der Waals surface area contributed by atoms with Gasteiger partial charge in [-0.05, 0) is 55.9 Å². The van der Waals surface area contributed by atoms with Crippen LogP contribution >= 0.6 is 0 Å². The first kappa shape index (κ1) is 19.0. The van der Waals surface area contributed by atoms with Gasteiger partial charge < -0.3 is 10.1 Å². The number of ether oxygens (including phenoxy) is 1. The Labute approximate surface area is 151 Å². The SMILES string of the molecule is Cc1cc(C)c(NC(=O)COc2ccc(C)cc2C(C)(C)C)c(C)c1. The fraction of sp³-hybridized carbons (Fsp3) is 0.409. The summed E-state index contributed by atoms with van der Waals surface area (Å²) in [4.78, 5) is 12.4. The van der Waals surface area contributed by atoms with Crippen molar-refractivity contribution in [3.05, 3.63) is 58.1 Å². The minimum absolute atomic E-state index is 0.00109. The van der Waals surface area contributed by atoms with Crippen LogP contribution in [0.15, 0.2) is 30.3 Å². The van der Waals surface area contributed by atoms with Crippen LogP contribution in [0.4, 0.5) is 5.69 Å². The second-order valence-electron chi connectivity index (χ2n) is 7.86. The summed E-state index contributed by atoms with van der Waals surface area (Å²) in [5.74, 6) is 0.626. The van der Waals surface area contributed by atoms with Crippen molar-refractivity contribution in [1.82, 2.24) is 0 Å². The van der Waals surface area contributed by atoms with E-state index in [4.69, 9.17) is 4.74 Å². The number of anilines is 1. The van der Waals surface area contributed by atoms with Crippen LogP contribution in [0.3, 0.4) is 0 Å². The molecule has 0 unspecified atom stereocenters. The first-order valence-electron chi connectivity index (χ1n) is 8.69. The molecule has 1 amide bonds. The van der Waals surface area contributed by atoms with E-state index in [0.717, 1.165) is 28.1 Å². The summed E-state index contributed by atoms with van der Waals surface area (Å²) in [6, 6.07) is 10.2. The van der Waals surface area contributed by atoms with Crippen molar-refractivity contribution < 1.29 is 9.53 Å². The van der Waals surface area contributed by atoms with Gasteiger partial charge in [-0.15, -0.1) is 0 Å². The third-order valence-electron chi connectivity index (χ3n) is 4.24. The van der Waals surface area contributed by atoms with E-state index in [9.17, 15) is 4.79 Å². The van der Waals surface area contributed by atoms with Gasteiger partial charge in [0.25, 0.3) is 5.91 Å². The quantitative estimate of drug-likeness (QED) is 0.827. The first-order chi connectivity index (χ1) is 11.6. The minimum Gasteiger partial charge on any atom is -0.483 e. The smallest absolute Gasteiger partial charge is 0.262 e. The molecule has 2 aromatic rings. The Hall–Kier alpha value is -2.29. The van der Waals surface area contributed by atoms with Crippen LogP contribution < -0.4 is 10.1 Å². The molecule has 0 aromatic heterocycles. The predicted octanol–water partition coefficient (Wildman–Crippen LogP) is 5.24. The lowest BCUT2D eigenvalue weighted by molar-refractivity contribution is -0.118. The summed E-state index contributed by atoms with van der Waals surface area (Å²) < 4.78 is 5.84. The molecule has 0 radical (unpaired) electrons. The molecule has 0 bridgehead atoms. The van der Waals surface area contributed by atoms with Crippen LogP contribution in [-0.4, -0.2) is 12.5 Å². The highest BCUT2D eigenvalue weighted by atomic mass is 16.5. The molecule has 0 aliphatic heterocycles. The zero-order valence-corrected chi connectivity index (χ0v) is 16.4. The average molecular weight is 339 g/mol. The second-order valence-corrected chi connectivity index (χ2v) is 7.86. The van der Waals surface area contributed by atoms with Crippen molar-refractivity contribution in [2.24, 2.45) is 0 Å². The van der Waals surface area contributed by atoms with Gasteiger partial charge in [0.1, 0.15) is 5.75 Å². The Morgan fingerprint density at radius 1 is 0.960 bits per heavy atom. The predicted molar refractivity (Wildman–Crippen MR) is 105 cm³/mol. The van der Waals surface area contributed by atoms with Crippen molar-refractivity contribution in [2.45, 2.75) is 53.9 Å². The summed E-state index contributed by atoms with van der Waals surface area (Å²) in [7, 11) is 0. The molecule has 0 spiro atoms. The number of carbonyl (C=O) groups is 1. The summed E-state index contributed by atoms with van der Waals surface area (Å²) in [6.45, 7) is 14.6. The lowest BCUT2D eigenvalue weighted by atomic mass is 9.85. The molecule has 25 heavy (non-hydrogen) atoms. The van der Waals surface area contributed by atoms with Crippen LogP contribution in [0, 0.1) is 27.7 Å². The third-order valence-corrected chi connectivity index (χ3v) is 4.24. The van der Waals surface area contributed by atoms with Crippen LogP contribution in [0.5, 0.6) is 5.75 Å². The van der Waals surface area contributed by atoms with E-state index < -0.39 is 0 Å². The van der Waals surface area contributed by atoms with Crippen molar-refractivity contribution in [3.8, 4) is 5.75 Å². The standard InChI is InChI=1S/C22H29NO2/c1-14-8-9-19(18(12-14)22(5,6)7)25-13-20(24)23-21-16(3)10-15(2)11-17(21)4/h8-12H,13H2,1-7H3,(H,23,24). The van der Waals surface area contributed by atoms with Gasteiger partial charge in [0.15, 0.2) is 6.61 Å². The van der Waals surface area contributed by atoms with E-state index in [1.165, 1.54) is 11.1 Å². The zero-order chi connectivity index (χ0) is 18.8. The summed E-state index contributed by atoms with van der Waals surface area (Å²) in [6.07, 6.45) is 0. The van der Waals surface area contributed by atoms with E-state index in [2.05, 4.69) is 58.1 Å². The molecular formula is C22H29NO2. The Kier molecular flexibility index (Phi) is 5.56. The maximum absolute atomic E-state index is 12.4. The number of hydrogen-bond acceptors (Lipinski definition) is 2. The number of aryl methyl sites for hydroxylation is 4. The molecule has 2 aromatic carbocycles. The molecule has 3 heteroatoms. The average Bonchev–Trinajstić information content (AvgIpc) is 2.48. The monoisotopic (exact) mass is 339 g/mol. The summed E-state index contributed by atoms with van der Waals surface area (Å²) in [5, 5.41) is 2.98. The Morgan fingerprint density at radius 2 is 1.56 bits per heavy atom. The van der Waals surface area contributed by atoms with E-state index in [1.54, 1.807) is 0 Å². The van der Waals surface area contributed by atoms with Gasteiger partial charge in [0, 0.05) is 5.69 Å². The van der Waals surface area contributed by atoms with Crippen molar-refractivity contribution in [1.29, 1.82) is 0 Å². The molecule has 0 fully saturated rings.